The topological polar surface area (TPSA) is 317 Å². The van der Waals surface area contributed by atoms with Gasteiger partial charge >= 0.3 is 5.97 Å². The van der Waals surface area contributed by atoms with E-state index >= 15 is 0 Å². The number of aromatic amines is 1. The fourth-order valence-electron chi connectivity index (χ4n) is 4.35. The van der Waals surface area contributed by atoms with Gasteiger partial charge in [-0.05, 0) is 71.8 Å². The number of thiophene rings is 3. The van der Waals surface area contributed by atoms with Gasteiger partial charge in [0, 0.05) is 93.1 Å². The van der Waals surface area contributed by atoms with Crippen LogP contribution in [0.4, 0.5) is 35.7 Å². The zero-order valence-corrected chi connectivity index (χ0v) is 34.7. The highest BCUT2D eigenvalue weighted by atomic mass is 32.1. The van der Waals surface area contributed by atoms with Crippen molar-refractivity contribution < 1.29 is 19.5 Å². The molecule has 0 saturated carbocycles. The molecule has 6 heterocycles. The van der Waals surface area contributed by atoms with Gasteiger partial charge in [-0.15, -0.1) is 49.3 Å². The lowest BCUT2D eigenvalue weighted by atomic mass is 8.53. The molecule has 13 N–H and O–H groups in total. The molecule has 34 heteroatoms. The van der Waals surface area contributed by atoms with Crippen LogP contribution in [0.15, 0.2) is 34.3 Å². The number of nitrogens with two attached hydrogens (primary N) is 5. The molecule has 0 aromatic carbocycles. The maximum absolute atomic E-state index is 12.0. The van der Waals surface area contributed by atoms with E-state index in [2.05, 4.69) is 40.7 Å². The molecular formula is C29H47B12N15O4S3. The SMILES string of the molecule is C.C.C.C.CNc1nc(N)n(C(=O)c2sccc2C)n1.Cc1ccsc1C(=O)O.Cc1ccsc1C(=O)n1nc(N)nc1N.Nc1n[nH]c(N)n1.[B]B([B])B([B])B(B([B])[B])B([B])[B]. The Kier molecular flexibility index (Phi) is 28.9. The monoisotopic (exact) mass is 897 g/mol. The van der Waals surface area contributed by atoms with E-state index in [1.165, 1.54) is 34.0 Å². The van der Waals surface area contributed by atoms with Gasteiger partial charge in [-0.1, -0.05) is 29.7 Å². The molecule has 0 atom stereocenters. The molecule has 19 nitrogen and oxygen atoms in total. The second-order valence-electron chi connectivity index (χ2n) is 11.9. The Morgan fingerprint density at radius 1 is 0.651 bits per heavy atom. The van der Waals surface area contributed by atoms with Gasteiger partial charge in [0.15, 0.2) is 0 Å². The number of aryl methyl sites for hydroxylation is 3. The van der Waals surface area contributed by atoms with Crippen molar-refractivity contribution in [2.24, 2.45) is 0 Å². The van der Waals surface area contributed by atoms with Crippen LogP contribution >= 0.6 is 34.0 Å². The van der Waals surface area contributed by atoms with Crippen molar-refractivity contribution in [2.75, 3.05) is 41.0 Å². The number of aromatic carboxylic acids is 1. The maximum Gasteiger partial charge on any atom is 0.346 e. The van der Waals surface area contributed by atoms with Crippen LogP contribution in [0.25, 0.3) is 0 Å². The molecule has 316 valence electrons. The van der Waals surface area contributed by atoms with Crippen molar-refractivity contribution in [1.82, 2.24) is 44.7 Å². The summed E-state index contributed by atoms with van der Waals surface area (Å²) in [5.74, 6) is -0.539. The summed E-state index contributed by atoms with van der Waals surface area (Å²) in [6.45, 7) is 5.51. The summed E-state index contributed by atoms with van der Waals surface area (Å²) in [6.07, 6.45) is -3.22. The van der Waals surface area contributed by atoms with E-state index in [9.17, 15) is 14.4 Å². The molecule has 63 heavy (non-hydrogen) atoms. The number of anilines is 6. The first-order chi connectivity index (χ1) is 27.6. The van der Waals surface area contributed by atoms with Crippen LogP contribution in [0, 0.1) is 20.8 Å². The van der Waals surface area contributed by atoms with Crippen molar-refractivity contribution in [2.45, 2.75) is 50.5 Å². The Morgan fingerprint density at radius 3 is 1.29 bits per heavy atom. The number of carboxylic acid groups (broad SMARTS) is 1. The van der Waals surface area contributed by atoms with Crippen LogP contribution in [0.3, 0.4) is 0 Å². The molecule has 0 bridgehead atoms. The third-order valence-electron chi connectivity index (χ3n) is 7.36. The van der Waals surface area contributed by atoms with Gasteiger partial charge in [-0.2, -0.15) is 24.3 Å². The van der Waals surface area contributed by atoms with Crippen LogP contribution in [-0.2, 0) is 0 Å². The van der Waals surface area contributed by atoms with E-state index in [0.717, 1.165) is 26.1 Å². The molecule has 6 rings (SSSR count). The standard InChI is InChI=1S/C9H11N5OS.C8H9N5OS.C6H6O2S.C2H5N5.4CH4.B12/c1-5-3-4-16-6(5)7(15)14-8(10)12-9(11-2)13-14;1-4-2-3-15-5(4)6(14)13-8(10)11-7(9)12-13;1-4-2-3-9-5(4)6(7)8;3-1-5-2(4)7-6-1;;;;;1-8(2)11(7)12(9(3)4)10(5)6/h3-4H,1-2H3,(H3,10,11,12,13);2-3H,1H3,(H4,9,10,11,12);2-3H,1H3,(H,7,8);(H5,3,4,5,6,7);4*1H4;. The number of nitrogens with one attached hydrogen (secondary N) is 2. The summed E-state index contributed by atoms with van der Waals surface area (Å²) in [6, 6.07) is 5.53. The molecule has 0 saturated heterocycles. The van der Waals surface area contributed by atoms with Crippen LogP contribution < -0.4 is 34.0 Å². The normalized spacial score (nSPS) is 9.14. The highest BCUT2D eigenvalue weighted by Crippen LogP contribution is 2.19. The van der Waals surface area contributed by atoms with E-state index < -0.39 is 37.9 Å². The minimum Gasteiger partial charge on any atom is -0.477 e. The number of rotatable bonds is 8. The Balaban J connectivity index is -0.000000721. The van der Waals surface area contributed by atoms with Crippen LogP contribution in [0.2, 0.25) is 0 Å². The lowest BCUT2D eigenvalue weighted by Gasteiger charge is -2.29. The summed E-state index contributed by atoms with van der Waals surface area (Å²) >= 11 is 3.96. The second kappa shape index (κ2) is 29.3. The van der Waals surface area contributed by atoms with Gasteiger partial charge in [0.2, 0.25) is 35.7 Å². The van der Waals surface area contributed by atoms with Crippen molar-refractivity contribution in [1.29, 1.82) is 0 Å². The van der Waals surface area contributed by atoms with Gasteiger partial charge < -0.3 is 39.1 Å². The quantitative estimate of drug-likeness (QED) is 0.0944. The average molecular weight is 896 g/mol. The predicted molar refractivity (Wildman–Crippen MR) is 278 cm³/mol. The van der Waals surface area contributed by atoms with Crippen LogP contribution in [0.5, 0.6) is 0 Å². The zero-order chi connectivity index (χ0) is 44.7. The van der Waals surface area contributed by atoms with Crippen LogP contribution in [0.1, 0.15) is 75.4 Å². The summed E-state index contributed by atoms with van der Waals surface area (Å²) in [5, 5.41) is 30.1. The number of aromatic nitrogens is 9. The van der Waals surface area contributed by atoms with Gasteiger partial charge in [-0.25, -0.2) is 9.89 Å². The third kappa shape index (κ3) is 18.7. The van der Waals surface area contributed by atoms with Crippen molar-refractivity contribution in [3.63, 3.8) is 0 Å². The number of hydrogen-bond donors (Lipinski definition) is 8. The number of carbonyl (C=O) groups excluding carboxylic acids is 2. The number of H-pyrrole nitrogens is 1. The second-order valence-corrected chi connectivity index (χ2v) is 14.6. The largest absolute Gasteiger partial charge is 0.477 e. The maximum atomic E-state index is 12.0. The Labute approximate surface area is 392 Å². The summed E-state index contributed by atoms with van der Waals surface area (Å²) in [5.41, 5.74) is 29.2. The van der Waals surface area contributed by atoms with E-state index in [0.29, 0.717) is 20.6 Å². The highest BCUT2D eigenvalue weighted by molar-refractivity contribution is 8.05. The summed E-state index contributed by atoms with van der Waals surface area (Å²) in [4.78, 5) is 46.9. The van der Waals surface area contributed by atoms with E-state index in [1.54, 1.807) is 25.4 Å². The average Bonchev–Trinajstić information content (AvgIpc) is 4.02. The minimum absolute atomic E-state index is 0. The molecule has 0 unspecified atom stereocenters. The molecule has 0 aliphatic carbocycles. The van der Waals surface area contributed by atoms with E-state index in [1.807, 2.05) is 36.7 Å². The van der Waals surface area contributed by atoms with Crippen molar-refractivity contribution in [3.8, 4) is 0 Å². The first-order valence-corrected chi connectivity index (χ1v) is 19.3. The molecule has 0 aliphatic heterocycles. The molecule has 0 spiro atoms. The smallest absolute Gasteiger partial charge is 0.346 e. The molecule has 0 aliphatic rings. The number of carbonyl (C=O) groups is 3. The number of hydrogen-bond acceptors (Lipinski definition) is 18. The lowest BCUT2D eigenvalue weighted by molar-refractivity contribution is 0.0700. The van der Waals surface area contributed by atoms with Gasteiger partial charge in [0.25, 0.3) is 11.8 Å². The number of carboxylic acids is 1. The fraction of sp³-hybridized carbons (Fsp3) is 0.276. The van der Waals surface area contributed by atoms with Crippen molar-refractivity contribution >= 4 is 174 Å². The summed E-state index contributed by atoms with van der Waals surface area (Å²) < 4.78 is 2.11. The zero-order valence-electron chi connectivity index (χ0n) is 32.3. The Morgan fingerprint density at radius 2 is 1.06 bits per heavy atom. The van der Waals surface area contributed by atoms with E-state index in [-0.39, 0.29) is 71.3 Å². The third-order valence-corrected chi connectivity index (χ3v) is 10.4. The van der Waals surface area contributed by atoms with E-state index in [4.69, 9.17) is 87.9 Å². The minimum atomic E-state index is -0.831. The predicted octanol–water partition coefficient (Wildman–Crippen LogP) is 0.160. The number of nitrogen functional groups attached to an aromatic ring is 5. The first-order valence-electron chi connectivity index (χ1n) is 16.7. The molecule has 14 radical (unpaired) electrons. The molecule has 0 amide bonds. The number of nitrogens with zero attached hydrogens (tertiary/aromatic N) is 8. The molecule has 6 aromatic heterocycles. The molecule has 0 fully saturated rings. The Bertz CT molecular complexity index is 2240. The molecular weight excluding hydrogens is 848 g/mol. The van der Waals surface area contributed by atoms with Gasteiger partial charge in [0.05, 0.1) is 9.75 Å². The van der Waals surface area contributed by atoms with Gasteiger partial charge in [-0.3, -0.25) is 9.59 Å². The van der Waals surface area contributed by atoms with Crippen molar-refractivity contribution in [3.05, 3.63) is 65.7 Å². The Hall–Kier alpha value is -5.09. The lowest BCUT2D eigenvalue weighted by Crippen LogP contribution is -2.67. The van der Waals surface area contributed by atoms with Gasteiger partial charge in [0.1, 0.15) is 4.88 Å². The first kappa shape index (κ1) is 62.2. The highest BCUT2D eigenvalue weighted by Gasteiger charge is 2.30. The molecule has 6 aromatic rings. The van der Waals surface area contributed by atoms with Crippen LogP contribution in [-0.4, -0.2) is 161 Å². The summed E-state index contributed by atoms with van der Waals surface area (Å²) in [7, 11) is 39.6. The fourth-order valence-corrected chi connectivity index (χ4v) is 6.81.